The van der Waals surface area contributed by atoms with Crippen molar-refractivity contribution in [2.75, 3.05) is 14.2 Å². The van der Waals surface area contributed by atoms with Crippen LogP contribution >= 0.6 is 0 Å². The molecule has 0 spiro atoms. The van der Waals surface area contributed by atoms with Gasteiger partial charge in [-0.2, -0.15) is 0 Å². The second-order valence-electron chi connectivity index (χ2n) is 8.65. The molecule has 1 aliphatic heterocycles. The van der Waals surface area contributed by atoms with Gasteiger partial charge in [-0.1, -0.05) is 50.6 Å². The van der Waals surface area contributed by atoms with Gasteiger partial charge in [0.1, 0.15) is 17.6 Å². The Morgan fingerprint density at radius 3 is 2.53 bits per heavy atom. The highest BCUT2D eigenvalue weighted by Gasteiger charge is 2.33. The smallest absolute Gasteiger partial charge is 0.263 e. The van der Waals surface area contributed by atoms with Gasteiger partial charge in [-0.15, -0.1) is 0 Å². The van der Waals surface area contributed by atoms with E-state index in [1.165, 1.54) is 0 Å². The number of amides is 1. The number of hydrogen-bond donors (Lipinski definition) is 1. The molecule has 1 aliphatic rings. The number of aliphatic imine (C=N–C) groups is 1. The number of sulfonamides is 1. The number of likely N-dealkylation sites (N-methyl/N-ethyl adjacent to an activating group) is 1. The van der Waals surface area contributed by atoms with Gasteiger partial charge in [-0.05, 0) is 52.6 Å². The first-order chi connectivity index (χ1) is 16.2. The van der Waals surface area contributed by atoms with Crippen LogP contribution in [0.15, 0.2) is 70.6 Å². The van der Waals surface area contributed by atoms with Crippen molar-refractivity contribution in [1.82, 2.24) is 9.62 Å². The molecular formula is C26H29N3O4S. The van der Waals surface area contributed by atoms with Crippen molar-refractivity contribution in [2.24, 2.45) is 10.9 Å². The quantitative estimate of drug-likeness (QED) is 0.556. The third kappa shape index (κ3) is 4.63. The normalized spacial score (nSPS) is 17.1. The molecule has 8 heteroatoms. The van der Waals surface area contributed by atoms with E-state index in [0.29, 0.717) is 12.1 Å². The van der Waals surface area contributed by atoms with Gasteiger partial charge in [0.2, 0.25) is 5.91 Å². The van der Waals surface area contributed by atoms with Gasteiger partial charge in [0, 0.05) is 19.2 Å². The van der Waals surface area contributed by atoms with Crippen LogP contribution < -0.4 is 9.46 Å². The molecule has 3 aromatic rings. The molecule has 1 amide bonds. The van der Waals surface area contributed by atoms with Crippen molar-refractivity contribution in [2.45, 2.75) is 37.8 Å². The third-order valence-corrected chi connectivity index (χ3v) is 7.67. The molecule has 2 atom stereocenters. The molecule has 1 N–H and O–H groups in total. The molecule has 7 nitrogen and oxygen atoms in total. The van der Waals surface area contributed by atoms with E-state index < -0.39 is 16.1 Å². The summed E-state index contributed by atoms with van der Waals surface area (Å²) in [4.78, 5) is 20.0. The molecule has 0 fully saturated rings. The number of benzene rings is 3. The molecule has 178 valence electrons. The van der Waals surface area contributed by atoms with E-state index >= 15 is 0 Å². The Labute approximate surface area is 200 Å². The molecule has 1 heterocycles. The SMILES string of the molecule is CC[C@H](C)[C@@H](N=C1NS(=O)(=O)c2ccccc21)C(=O)N(C)Cc1ccc2cc(OC)ccc2c1. The van der Waals surface area contributed by atoms with Gasteiger partial charge in [-0.3, -0.25) is 14.5 Å². The minimum absolute atomic E-state index is 0.0659. The van der Waals surface area contributed by atoms with E-state index in [9.17, 15) is 13.2 Å². The first-order valence-corrected chi connectivity index (χ1v) is 12.7. The van der Waals surface area contributed by atoms with Gasteiger partial charge >= 0.3 is 0 Å². The van der Waals surface area contributed by atoms with E-state index in [-0.39, 0.29) is 22.6 Å². The van der Waals surface area contributed by atoms with E-state index in [1.807, 2.05) is 44.2 Å². The fourth-order valence-electron chi connectivity index (χ4n) is 4.09. The first-order valence-electron chi connectivity index (χ1n) is 11.2. The van der Waals surface area contributed by atoms with Crippen molar-refractivity contribution < 1.29 is 17.9 Å². The Hall–Kier alpha value is -3.39. The zero-order chi connectivity index (χ0) is 24.5. The Morgan fingerprint density at radius 1 is 1.09 bits per heavy atom. The lowest BCUT2D eigenvalue weighted by atomic mass is 9.98. The molecule has 4 rings (SSSR count). The van der Waals surface area contributed by atoms with Crippen molar-refractivity contribution in [3.05, 3.63) is 71.8 Å². The summed E-state index contributed by atoms with van der Waals surface area (Å²) >= 11 is 0. The van der Waals surface area contributed by atoms with Crippen LogP contribution in [0.5, 0.6) is 5.75 Å². The Bertz CT molecular complexity index is 1370. The van der Waals surface area contributed by atoms with Crippen LogP contribution in [0.3, 0.4) is 0 Å². The number of hydrogen-bond acceptors (Lipinski definition) is 5. The number of nitrogens with one attached hydrogen (secondary N) is 1. The summed E-state index contributed by atoms with van der Waals surface area (Å²) in [7, 11) is -0.274. The van der Waals surface area contributed by atoms with Gasteiger partial charge in [-0.25, -0.2) is 8.42 Å². The van der Waals surface area contributed by atoms with Gasteiger partial charge in [0.25, 0.3) is 10.0 Å². The number of nitrogens with zero attached hydrogens (tertiary/aromatic N) is 2. The minimum Gasteiger partial charge on any atom is -0.497 e. The first kappa shape index (κ1) is 23.8. The number of carbonyl (C=O) groups is 1. The number of rotatable bonds is 7. The molecule has 34 heavy (non-hydrogen) atoms. The molecule has 0 aromatic heterocycles. The number of ether oxygens (including phenoxy) is 1. The van der Waals surface area contributed by atoms with Crippen molar-refractivity contribution >= 4 is 32.5 Å². The Morgan fingerprint density at radius 2 is 1.79 bits per heavy atom. The summed E-state index contributed by atoms with van der Waals surface area (Å²) in [6, 6.07) is 17.9. The van der Waals surface area contributed by atoms with Crippen molar-refractivity contribution in [3.63, 3.8) is 0 Å². The van der Waals surface area contributed by atoms with Crippen molar-refractivity contribution in [1.29, 1.82) is 0 Å². The van der Waals surface area contributed by atoms with Gasteiger partial charge in [0.15, 0.2) is 0 Å². The molecule has 0 bridgehead atoms. The predicted molar refractivity (Wildman–Crippen MR) is 134 cm³/mol. The fraction of sp³-hybridized carbons (Fsp3) is 0.308. The molecular weight excluding hydrogens is 450 g/mol. The number of amidine groups is 1. The maximum absolute atomic E-state index is 13.5. The van der Waals surface area contributed by atoms with Crippen LogP contribution in [0.4, 0.5) is 0 Å². The van der Waals surface area contributed by atoms with Crippen LogP contribution in [0.25, 0.3) is 10.8 Å². The lowest BCUT2D eigenvalue weighted by molar-refractivity contribution is -0.132. The summed E-state index contributed by atoms with van der Waals surface area (Å²) < 4.78 is 32.8. The lowest BCUT2D eigenvalue weighted by Crippen LogP contribution is -2.40. The van der Waals surface area contributed by atoms with Crippen LogP contribution in [0, 0.1) is 5.92 Å². The Kier molecular flexibility index (Phi) is 6.61. The molecule has 3 aromatic carbocycles. The average molecular weight is 480 g/mol. The summed E-state index contributed by atoms with van der Waals surface area (Å²) in [5.74, 6) is 0.804. The fourth-order valence-corrected chi connectivity index (χ4v) is 5.33. The highest BCUT2D eigenvalue weighted by molar-refractivity contribution is 7.90. The van der Waals surface area contributed by atoms with Crippen LogP contribution in [0.1, 0.15) is 31.4 Å². The molecule has 0 aliphatic carbocycles. The molecule has 0 radical (unpaired) electrons. The Balaban J connectivity index is 1.60. The van der Waals surface area contributed by atoms with Gasteiger partial charge < -0.3 is 9.64 Å². The van der Waals surface area contributed by atoms with E-state index in [1.54, 1.807) is 43.3 Å². The summed E-state index contributed by atoms with van der Waals surface area (Å²) in [5.41, 5.74) is 1.49. The molecule has 0 saturated carbocycles. The summed E-state index contributed by atoms with van der Waals surface area (Å²) in [5, 5.41) is 2.13. The van der Waals surface area contributed by atoms with Crippen LogP contribution in [-0.2, 0) is 21.4 Å². The largest absolute Gasteiger partial charge is 0.497 e. The highest BCUT2D eigenvalue weighted by Crippen LogP contribution is 2.26. The van der Waals surface area contributed by atoms with Gasteiger partial charge in [0.05, 0.1) is 12.0 Å². The number of methoxy groups -OCH3 is 1. The zero-order valence-corrected chi connectivity index (χ0v) is 20.6. The van der Waals surface area contributed by atoms with Crippen LogP contribution in [-0.4, -0.2) is 45.3 Å². The third-order valence-electron chi connectivity index (χ3n) is 6.27. The van der Waals surface area contributed by atoms with Crippen LogP contribution in [0.2, 0.25) is 0 Å². The van der Waals surface area contributed by atoms with Crippen molar-refractivity contribution in [3.8, 4) is 5.75 Å². The second-order valence-corrected chi connectivity index (χ2v) is 10.3. The maximum Gasteiger partial charge on any atom is 0.263 e. The average Bonchev–Trinajstić information content (AvgIpc) is 3.11. The summed E-state index contributed by atoms with van der Waals surface area (Å²) in [6.07, 6.45) is 0.729. The number of carbonyl (C=O) groups excluding carboxylic acids is 1. The number of fused-ring (bicyclic) bond motifs is 2. The molecule has 0 unspecified atom stereocenters. The lowest BCUT2D eigenvalue weighted by Gasteiger charge is -2.25. The maximum atomic E-state index is 13.5. The highest BCUT2D eigenvalue weighted by atomic mass is 32.2. The minimum atomic E-state index is -3.67. The molecule has 0 saturated heterocycles. The topological polar surface area (TPSA) is 88.1 Å². The summed E-state index contributed by atoms with van der Waals surface area (Å²) in [6.45, 7) is 4.37. The predicted octanol–water partition coefficient (Wildman–Crippen LogP) is 3.96. The monoisotopic (exact) mass is 479 g/mol. The standard InChI is InChI=1S/C26H29N3O4S/c1-5-17(2)24(27-25-22-8-6-7-9-23(22)34(31,32)28-25)26(30)29(3)16-18-10-11-20-15-21(33-4)13-12-19(20)14-18/h6-15,17,24H,5,16H2,1-4H3,(H,27,28)/t17-,24+/m0/s1. The van der Waals surface area contributed by atoms with E-state index in [0.717, 1.165) is 28.5 Å². The zero-order valence-electron chi connectivity index (χ0n) is 19.8. The van der Waals surface area contributed by atoms with E-state index in [2.05, 4.69) is 15.8 Å². The second kappa shape index (κ2) is 9.46. The van der Waals surface area contributed by atoms with E-state index in [4.69, 9.17) is 4.74 Å².